The number of piperidine rings is 1. The van der Waals surface area contributed by atoms with E-state index in [2.05, 4.69) is 42.3 Å². The number of nitrogens with zero attached hydrogens (tertiary/aromatic N) is 1. The summed E-state index contributed by atoms with van der Waals surface area (Å²) in [5.41, 5.74) is 1.43. The van der Waals surface area contributed by atoms with Gasteiger partial charge in [-0.1, -0.05) is 30.3 Å². The number of ether oxygens (including phenoxy) is 2. The van der Waals surface area contributed by atoms with Gasteiger partial charge in [-0.15, -0.1) is 12.4 Å². The van der Waals surface area contributed by atoms with E-state index in [4.69, 9.17) is 9.47 Å². The molecule has 130 valence electrons. The Labute approximate surface area is 151 Å². The van der Waals surface area contributed by atoms with Crippen LogP contribution in [0.25, 0.3) is 0 Å². The highest BCUT2D eigenvalue weighted by molar-refractivity contribution is 5.85. The third-order valence-electron chi connectivity index (χ3n) is 4.69. The van der Waals surface area contributed by atoms with Crippen molar-refractivity contribution >= 4 is 12.4 Å². The van der Waals surface area contributed by atoms with Gasteiger partial charge in [0.2, 0.25) is 0 Å². The lowest BCUT2D eigenvalue weighted by molar-refractivity contribution is 0.129. The third kappa shape index (κ3) is 4.65. The van der Waals surface area contributed by atoms with Crippen LogP contribution < -0.4 is 9.47 Å². The minimum absolute atomic E-state index is 0. The minimum Gasteiger partial charge on any atom is -0.497 e. The van der Waals surface area contributed by atoms with Gasteiger partial charge in [-0.2, -0.15) is 0 Å². The largest absolute Gasteiger partial charge is 0.497 e. The number of likely N-dealkylation sites (tertiary alicyclic amines) is 1. The van der Waals surface area contributed by atoms with E-state index in [-0.39, 0.29) is 12.4 Å². The molecule has 0 aromatic heterocycles. The van der Waals surface area contributed by atoms with Crippen LogP contribution in [0.1, 0.15) is 17.9 Å². The first kappa shape index (κ1) is 18.6. The van der Waals surface area contributed by atoms with Crippen LogP contribution in [-0.4, -0.2) is 38.8 Å². The highest BCUT2D eigenvalue weighted by Gasteiger charge is 2.29. The van der Waals surface area contributed by atoms with Crippen LogP contribution in [-0.2, 0) is 0 Å². The Balaban J connectivity index is 0.00000208. The van der Waals surface area contributed by atoms with Gasteiger partial charge in [0.25, 0.3) is 0 Å². The van der Waals surface area contributed by atoms with Crippen LogP contribution in [0.2, 0.25) is 0 Å². The quantitative estimate of drug-likeness (QED) is 0.807. The smallest absolute Gasteiger partial charge is 0.119 e. The number of methoxy groups -OCH3 is 1. The van der Waals surface area contributed by atoms with E-state index in [9.17, 15) is 0 Å². The van der Waals surface area contributed by atoms with Gasteiger partial charge in [0, 0.05) is 12.5 Å². The maximum absolute atomic E-state index is 6.06. The number of hydrogen-bond donors (Lipinski definition) is 0. The fourth-order valence-corrected chi connectivity index (χ4v) is 3.40. The Kier molecular flexibility index (Phi) is 6.95. The van der Waals surface area contributed by atoms with E-state index in [1.807, 2.05) is 24.3 Å². The zero-order valence-corrected chi connectivity index (χ0v) is 15.2. The normalized spacial score (nSPS) is 20.9. The van der Waals surface area contributed by atoms with E-state index >= 15 is 0 Å². The fraction of sp³-hybridized carbons (Fsp3) is 0.400. The van der Waals surface area contributed by atoms with E-state index in [1.54, 1.807) is 7.11 Å². The molecule has 0 amide bonds. The Morgan fingerprint density at radius 3 is 2.33 bits per heavy atom. The number of rotatable bonds is 5. The summed E-state index contributed by atoms with van der Waals surface area (Å²) < 4.78 is 11.3. The first-order valence-electron chi connectivity index (χ1n) is 8.26. The topological polar surface area (TPSA) is 21.7 Å². The Bertz CT molecular complexity index is 603. The second-order valence-electron chi connectivity index (χ2n) is 6.31. The van der Waals surface area contributed by atoms with Gasteiger partial charge in [-0.05, 0) is 55.8 Å². The Morgan fingerprint density at radius 1 is 1.00 bits per heavy atom. The molecular weight excluding hydrogens is 322 g/mol. The molecule has 0 saturated carbocycles. The average Bonchev–Trinajstić information content (AvgIpc) is 2.61. The summed E-state index contributed by atoms with van der Waals surface area (Å²) in [5.74, 6) is 2.85. The van der Waals surface area contributed by atoms with Crippen molar-refractivity contribution in [2.45, 2.75) is 12.3 Å². The van der Waals surface area contributed by atoms with Gasteiger partial charge < -0.3 is 14.4 Å². The molecule has 24 heavy (non-hydrogen) atoms. The standard InChI is InChI=1S/C20H25NO2.ClH/c1-21-13-12-20(16-6-4-3-5-7-16)17(14-21)15-23-19-10-8-18(22-2)9-11-19;/h3-11,17,20H,12-15H2,1-2H3;1H/t17-,20-;/m1./s1. The van der Waals surface area contributed by atoms with E-state index in [0.29, 0.717) is 11.8 Å². The van der Waals surface area contributed by atoms with Gasteiger partial charge in [0.1, 0.15) is 11.5 Å². The van der Waals surface area contributed by atoms with Gasteiger partial charge in [-0.3, -0.25) is 0 Å². The maximum Gasteiger partial charge on any atom is 0.119 e. The summed E-state index contributed by atoms with van der Waals surface area (Å²) in [6, 6.07) is 18.7. The lowest BCUT2D eigenvalue weighted by Gasteiger charge is -2.37. The molecule has 4 heteroatoms. The van der Waals surface area contributed by atoms with Crippen molar-refractivity contribution in [2.75, 3.05) is 33.9 Å². The van der Waals surface area contributed by atoms with Crippen molar-refractivity contribution in [2.24, 2.45) is 5.92 Å². The summed E-state index contributed by atoms with van der Waals surface area (Å²) in [7, 11) is 3.87. The molecule has 3 rings (SSSR count). The molecule has 3 nitrogen and oxygen atoms in total. The fourth-order valence-electron chi connectivity index (χ4n) is 3.40. The molecule has 1 aliphatic heterocycles. The molecule has 0 spiro atoms. The molecule has 0 aliphatic carbocycles. The predicted octanol–water partition coefficient (Wildman–Crippen LogP) is 4.23. The molecule has 2 aromatic rings. The lowest BCUT2D eigenvalue weighted by atomic mass is 9.81. The molecule has 1 fully saturated rings. The average molecular weight is 348 g/mol. The number of hydrogen-bond acceptors (Lipinski definition) is 3. The Morgan fingerprint density at radius 2 is 1.67 bits per heavy atom. The number of halogens is 1. The predicted molar refractivity (Wildman–Crippen MR) is 101 cm³/mol. The molecule has 1 saturated heterocycles. The molecule has 2 atom stereocenters. The van der Waals surface area contributed by atoms with Crippen molar-refractivity contribution < 1.29 is 9.47 Å². The van der Waals surface area contributed by atoms with Gasteiger partial charge >= 0.3 is 0 Å². The van der Waals surface area contributed by atoms with E-state index in [1.165, 1.54) is 12.0 Å². The maximum atomic E-state index is 6.06. The monoisotopic (exact) mass is 347 g/mol. The summed E-state index contributed by atoms with van der Waals surface area (Å²) in [6.07, 6.45) is 1.19. The van der Waals surface area contributed by atoms with Gasteiger partial charge in [0.15, 0.2) is 0 Å². The van der Waals surface area contributed by atoms with Crippen molar-refractivity contribution in [1.29, 1.82) is 0 Å². The molecule has 0 unspecified atom stereocenters. The second kappa shape index (κ2) is 8.95. The summed E-state index contributed by atoms with van der Waals surface area (Å²) >= 11 is 0. The summed E-state index contributed by atoms with van der Waals surface area (Å²) in [6.45, 7) is 2.98. The molecule has 0 bridgehead atoms. The summed E-state index contributed by atoms with van der Waals surface area (Å²) in [4.78, 5) is 2.40. The SMILES string of the molecule is COc1ccc(OC[C@H]2CN(C)CC[C@@H]2c2ccccc2)cc1.Cl. The Hall–Kier alpha value is -1.71. The molecule has 0 radical (unpaired) electrons. The van der Waals surface area contributed by atoms with Crippen LogP contribution in [0.5, 0.6) is 11.5 Å². The third-order valence-corrected chi connectivity index (χ3v) is 4.69. The van der Waals surface area contributed by atoms with E-state index in [0.717, 1.165) is 31.2 Å². The van der Waals surface area contributed by atoms with Crippen molar-refractivity contribution in [3.63, 3.8) is 0 Å². The van der Waals surface area contributed by atoms with E-state index < -0.39 is 0 Å². The van der Waals surface area contributed by atoms with Crippen LogP contribution in [0.3, 0.4) is 0 Å². The van der Waals surface area contributed by atoms with Crippen LogP contribution in [0.15, 0.2) is 54.6 Å². The van der Waals surface area contributed by atoms with Crippen molar-refractivity contribution in [3.05, 3.63) is 60.2 Å². The minimum atomic E-state index is 0. The van der Waals surface area contributed by atoms with Crippen LogP contribution in [0, 0.1) is 5.92 Å². The molecule has 2 aromatic carbocycles. The van der Waals surface area contributed by atoms with Gasteiger partial charge in [0.05, 0.1) is 13.7 Å². The molecule has 1 heterocycles. The van der Waals surface area contributed by atoms with Crippen LogP contribution >= 0.6 is 12.4 Å². The second-order valence-corrected chi connectivity index (χ2v) is 6.31. The highest BCUT2D eigenvalue weighted by atomic mass is 35.5. The van der Waals surface area contributed by atoms with Crippen molar-refractivity contribution in [3.8, 4) is 11.5 Å². The summed E-state index contributed by atoms with van der Waals surface area (Å²) in [5, 5.41) is 0. The lowest BCUT2D eigenvalue weighted by Crippen LogP contribution is -2.39. The first-order valence-corrected chi connectivity index (χ1v) is 8.26. The molecule has 0 N–H and O–H groups in total. The molecule has 1 aliphatic rings. The number of benzene rings is 2. The zero-order valence-electron chi connectivity index (χ0n) is 14.4. The van der Waals surface area contributed by atoms with Crippen molar-refractivity contribution in [1.82, 2.24) is 4.90 Å². The van der Waals surface area contributed by atoms with Crippen LogP contribution in [0.4, 0.5) is 0 Å². The first-order chi connectivity index (χ1) is 11.3. The zero-order chi connectivity index (χ0) is 16.1. The van der Waals surface area contributed by atoms with Gasteiger partial charge in [-0.25, -0.2) is 0 Å². The highest BCUT2D eigenvalue weighted by Crippen LogP contribution is 2.33. The molecular formula is C20H26ClNO2.